The van der Waals surface area contributed by atoms with E-state index >= 15 is 0 Å². The molecule has 0 spiro atoms. The number of fused-ring (bicyclic) bond motifs is 1. The Bertz CT molecular complexity index is 638. The molecule has 0 amide bonds. The zero-order chi connectivity index (χ0) is 13.1. The molecule has 1 aromatic carbocycles. The van der Waals surface area contributed by atoms with Crippen LogP contribution in [0.4, 0.5) is 0 Å². The van der Waals surface area contributed by atoms with E-state index in [4.69, 9.17) is 0 Å². The maximum absolute atomic E-state index is 11.2. The van der Waals surface area contributed by atoms with Gasteiger partial charge in [0.2, 0.25) is 0 Å². The molecule has 0 bridgehead atoms. The molecule has 0 unspecified atom stereocenters. The number of aromatic nitrogens is 1. The van der Waals surface area contributed by atoms with Crippen molar-refractivity contribution in [3.8, 4) is 0 Å². The molecule has 4 heteroatoms. The van der Waals surface area contributed by atoms with Crippen LogP contribution in [0.3, 0.4) is 0 Å². The van der Waals surface area contributed by atoms with E-state index in [0.717, 1.165) is 17.2 Å². The Morgan fingerprint density at radius 1 is 1.33 bits per heavy atom. The average Bonchev–Trinajstić information content (AvgIpc) is 2.77. The fraction of sp³-hybridized carbons (Fsp3) is 0.143. The van der Waals surface area contributed by atoms with Crippen molar-refractivity contribution in [2.24, 2.45) is 0 Å². The van der Waals surface area contributed by atoms with E-state index in [1.54, 1.807) is 6.92 Å². The molecule has 1 N–H and O–H groups in total. The van der Waals surface area contributed by atoms with Crippen LogP contribution in [-0.4, -0.2) is 24.3 Å². The zero-order valence-corrected chi connectivity index (χ0v) is 10.2. The summed E-state index contributed by atoms with van der Waals surface area (Å²) in [5.41, 5.74) is 2.74. The van der Waals surface area contributed by atoms with Crippen molar-refractivity contribution >= 4 is 28.7 Å². The van der Waals surface area contributed by atoms with Crippen LogP contribution in [0, 0.1) is 0 Å². The number of benzene rings is 1. The number of allylic oxidation sites excluding steroid dienone is 1. The summed E-state index contributed by atoms with van der Waals surface area (Å²) in [6.45, 7) is 1.76. The van der Waals surface area contributed by atoms with Crippen LogP contribution in [0.1, 0.15) is 23.0 Å². The summed E-state index contributed by atoms with van der Waals surface area (Å²) in [5.74, 6) is -0.442. The number of hydrogen-bond donors (Lipinski definition) is 1. The molecule has 4 nitrogen and oxygen atoms in total. The molecule has 0 saturated carbocycles. The molecule has 0 aliphatic heterocycles. The first-order valence-electron chi connectivity index (χ1n) is 5.50. The summed E-state index contributed by atoms with van der Waals surface area (Å²) in [5, 5.41) is 0.847. The van der Waals surface area contributed by atoms with Crippen LogP contribution < -0.4 is 0 Å². The van der Waals surface area contributed by atoms with Crippen molar-refractivity contribution in [3.05, 3.63) is 41.6 Å². The van der Waals surface area contributed by atoms with Crippen molar-refractivity contribution in [2.45, 2.75) is 6.92 Å². The van der Waals surface area contributed by atoms with E-state index < -0.39 is 5.97 Å². The van der Waals surface area contributed by atoms with Crippen molar-refractivity contribution < 1.29 is 14.3 Å². The summed E-state index contributed by atoms with van der Waals surface area (Å²) in [6, 6.07) is 7.50. The summed E-state index contributed by atoms with van der Waals surface area (Å²) < 4.78 is 4.57. The molecule has 92 valence electrons. The highest BCUT2D eigenvalue weighted by atomic mass is 16.5. The van der Waals surface area contributed by atoms with E-state index in [1.165, 1.54) is 13.2 Å². The van der Waals surface area contributed by atoms with Crippen molar-refractivity contribution in [1.29, 1.82) is 0 Å². The normalized spacial score (nSPS) is 11.6. The standard InChI is InChI=1S/C14H13NO3/c1-9(7-13(17)18-2)14-11(8-16)10-5-3-4-6-12(10)15-14/h3-8,15H,1-2H3/b9-7+. The maximum atomic E-state index is 11.2. The third-order valence-corrected chi connectivity index (χ3v) is 2.79. The SMILES string of the molecule is COC(=O)/C=C(\C)c1[nH]c2ccccc2c1C=O. The highest BCUT2D eigenvalue weighted by Crippen LogP contribution is 2.25. The lowest BCUT2D eigenvalue weighted by Gasteiger charge is -1.99. The van der Waals surface area contributed by atoms with Gasteiger partial charge in [-0.05, 0) is 18.6 Å². The van der Waals surface area contributed by atoms with Crippen molar-refractivity contribution in [3.63, 3.8) is 0 Å². The number of rotatable bonds is 3. The van der Waals surface area contributed by atoms with Crippen molar-refractivity contribution in [1.82, 2.24) is 4.98 Å². The van der Waals surface area contributed by atoms with Gasteiger partial charge in [0.15, 0.2) is 6.29 Å². The van der Waals surface area contributed by atoms with Gasteiger partial charge in [-0.2, -0.15) is 0 Å². The zero-order valence-electron chi connectivity index (χ0n) is 10.2. The van der Waals surface area contributed by atoms with Gasteiger partial charge in [-0.15, -0.1) is 0 Å². The first-order valence-corrected chi connectivity index (χ1v) is 5.50. The highest BCUT2D eigenvalue weighted by Gasteiger charge is 2.12. The molecule has 2 rings (SSSR count). The number of ether oxygens (including phenoxy) is 1. The summed E-state index contributed by atoms with van der Waals surface area (Å²) >= 11 is 0. The van der Waals surface area contributed by atoms with Gasteiger partial charge in [-0.25, -0.2) is 4.79 Å². The average molecular weight is 243 g/mol. The Kier molecular flexibility index (Phi) is 3.28. The van der Waals surface area contributed by atoms with Gasteiger partial charge in [0.1, 0.15) is 0 Å². The summed E-state index contributed by atoms with van der Waals surface area (Å²) in [4.78, 5) is 25.5. The second kappa shape index (κ2) is 4.87. The van der Waals surface area contributed by atoms with Gasteiger partial charge in [0.05, 0.1) is 12.8 Å². The monoisotopic (exact) mass is 243 g/mol. The van der Waals surface area contributed by atoms with Gasteiger partial charge in [0, 0.05) is 22.5 Å². The van der Waals surface area contributed by atoms with Crippen LogP contribution in [0.2, 0.25) is 0 Å². The van der Waals surface area contributed by atoms with Gasteiger partial charge in [-0.3, -0.25) is 4.79 Å². The van der Waals surface area contributed by atoms with E-state index in [2.05, 4.69) is 9.72 Å². The quantitative estimate of drug-likeness (QED) is 0.512. The number of aromatic amines is 1. The molecule has 1 heterocycles. The number of carbonyl (C=O) groups is 2. The molecule has 1 aromatic heterocycles. The minimum atomic E-state index is -0.442. The van der Waals surface area contributed by atoms with Gasteiger partial charge < -0.3 is 9.72 Å². The van der Waals surface area contributed by atoms with Crippen LogP contribution in [0.15, 0.2) is 30.3 Å². The number of esters is 1. The fourth-order valence-corrected chi connectivity index (χ4v) is 1.90. The molecule has 0 radical (unpaired) electrons. The molecule has 0 aliphatic carbocycles. The molecular formula is C14H13NO3. The maximum Gasteiger partial charge on any atom is 0.330 e. The third-order valence-electron chi connectivity index (χ3n) is 2.79. The fourth-order valence-electron chi connectivity index (χ4n) is 1.90. The molecule has 0 fully saturated rings. The lowest BCUT2D eigenvalue weighted by Crippen LogP contribution is -1.97. The Labute approximate surface area is 104 Å². The molecule has 2 aromatic rings. The Hall–Kier alpha value is -2.36. The number of para-hydroxylation sites is 1. The molecule has 0 saturated heterocycles. The minimum absolute atomic E-state index is 0.442. The Morgan fingerprint density at radius 3 is 2.72 bits per heavy atom. The number of nitrogens with one attached hydrogen (secondary N) is 1. The van der Waals surface area contributed by atoms with E-state index in [-0.39, 0.29) is 0 Å². The van der Waals surface area contributed by atoms with Gasteiger partial charge in [0.25, 0.3) is 0 Å². The molecule has 0 aliphatic rings. The second-order valence-corrected chi connectivity index (χ2v) is 3.93. The Balaban J connectivity index is 2.60. The van der Waals surface area contributed by atoms with E-state index in [0.29, 0.717) is 16.8 Å². The van der Waals surface area contributed by atoms with Gasteiger partial charge in [-0.1, -0.05) is 18.2 Å². The lowest BCUT2D eigenvalue weighted by molar-refractivity contribution is -0.134. The van der Waals surface area contributed by atoms with Crippen molar-refractivity contribution in [2.75, 3.05) is 7.11 Å². The first kappa shape index (κ1) is 12.1. The van der Waals surface area contributed by atoms with E-state index in [1.807, 2.05) is 24.3 Å². The number of methoxy groups -OCH3 is 1. The van der Waals surface area contributed by atoms with Crippen LogP contribution >= 0.6 is 0 Å². The second-order valence-electron chi connectivity index (χ2n) is 3.93. The summed E-state index contributed by atoms with van der Waals surface area (Å²) in [6.07, 6.45) is 2.15. The lowest BCUT2D eigenvalue weighted by atomic mass is 10.1. The van der Waals surface area contributed by atoms with Crippen LogP contribution in [0.25, 0.3) is 16.5 Å². The van der Waals surface area contributed by atoms with Crippen LogP contribution in [-0.2, 0) is 9.53 Å². The Morgan fingerprint density at radius 2 is 2.06 bits per heavy atom. The van der Waals surface area contributed by atoms with Crippen LogP contribution in [0.5, 0.6) is 0 Å². The topological polar surface area (TPSA) is 59.2 Å². The smallest absolute Gasteiger partial charge is 0.330 e. The third kappa shape index (κ3) is 2.05. The highest BCUT2D eigenvalue weighted by molar-refractivity contribution is 6.04. The molecule has 18 heavy (non-hydrogen) atoms. The summed E-state index contributed by atoms with van der Waals surface area (Å²) in [7, 11) is 1.32. The number of aldehydes is 1. The predicted molar refractivity (Wildman–Crippen MR) is 69.4 cm³/mol. The minimum Gasteiger partial charge on any atom is -0.466 e. The number of hydrogen-bond acceptors (Lipinski definition) is 3. The van der Waals surface area contributed by atoms with E-state index in [9.17, 15) is 9.59 Å². The van der Waals surface area contributed by atoms with Gasteiger partial charge >= 0.3 is 5.97 Å². The predicted octanol–water partition coefficient (Wildman–Crippen LogP) is 2.56. The largest absolute Gasteiger partial charge is 0.466 e. The number of carbonyl (C=O) groups excluding carboxylic acids is 2. The first-order chi connectivity index (χ1) is 8.67. The molecule has 0 atom stereocenters. The molecular weight excluding hydrogens is 230 g/mol. The number of H-pyrrole nitrogens is 1.